The van der Waals surface area contributed by atoms with Gasteiger partial charge in [-0.05, 0) is 34.3 Å². The summed E-state index contributed by atoms with van der Waals surface area (Å²) < 4.78 is 0. The fourth-order valence-corrected chi connectivity index (χ4v) is 3.67. The molecule has 6 aromatic rings. The summed E-state index contributed by atoms with van der Waals surface area (Å²) in [6.45, 7) is 0. The Morgan fingerprint density at radius 1 is 0.545 bits per heavy atom. The number of rotatable bonds is 2. The third-order valence-corrected chi connectivity index (χ3v) is 5.26. The molecule has 0 atom stereocenters. The maximum Gasteiger partial charge on any atom is 0.0167 e. The van der Waals surface area contributed by atoms with E-state index in [4.69, 9.17) is 0 Å². The van der Waals surface area contributed by atoms with Gasteiger partial charge in [0, 0.05) is 32.5 Å². The summed E-state index contributed by atoms with van der Waals surface area (Å²) in [5, 5.41) is 4.80. The molecule has 0 unspecified atom stereocenters. The van der Waals surface area contributed by atoms with E-state index in [1.807, 2.05) is 66.9 Å². The first-order valence-electron chi connectivity index (χ1n) is 10.5. The molecule has 0 amide bonds. The van der Waals surface area contributed by atoms with Gasteiger partial charge in [-0.15, -0.1) is 65.0 Å². The van der Waals surface area contributed by atoms with Gasteiger partial charge in [0.25, 0.3) is 0 Å². The molecular weight excluding hydrogens is 581 g/mol. The molecule has 2 aromatic heterocycles. The molecule has 0 saturated carbocycles. The number of benzene rings is 4. The van der Waals surface area contributed by atoms with E-state index >= 15 is 0 Å². The van der Waals surface area contributed by atoms with Gasteiger partial charge >= 0.3 is 0 Å². The van der Waals surface area contributed by atoms with E-state index in [1.54, 1.807) is 6.20 Å². The monoisotopic (exact) mass is 601 g/mol. The minimum absolute atomic E-state index is 0. The van der Waals surface area contributed by atoms with Crippen LogP contribution in [0, 0.1) is 12.1 Å². The largest absolute Gasteiger partial charge is 0.305 e. The Labute approximate surface area is 207 Å². The SMILES string of the molecule is [Ir].[c-]1cc2ccccc2cc1-c1nccc2ccccc12.[c-]1ccccc1-c1ccccn1. The summed E-state index contributed by atoms with van der Waals surface area (Å²) in [4.78, 5) is 8.77. The van der Waals surface area contributed by atoms with E-state index in [9.17, 15) is 0 Å². The Hall–Kier alpha value is -3.65. The Bertz CT molecular complexity index is 1420. The van der Waals surface area contributed by atoms with Crippen molar-refractivity contribution in [3.63, 3.8) is 0 Å². The zero-order chi connectivity index (χ0) is 21.6. The second-order valence-corrected chi connectivity index (χ2v) is 7.35. The van der Waals surface area contributed by atoms with Gasteiger partial charge in [0.2, 0.25) is 0 Å². The average molecular weight is 601 g/mol. The minimum atomic E-state index is 0. The van der Waals surface area contributed by atoms with E-state index in [0.29, 0.717) is 0 Å². The number of aromatic nitrogens is 2. The van der Waals surface area contributed by atoms with Crippen molar-refractivity contribution in [2.45, 2.75) is 0 Å². The van der Waals surface area contributed by atoms with E-state index in [-0.39, 0.29) is 20.1 Å². The van der Waals surface area contributed by atoms with Crippen LogP contribution in [0.15, 0.2) is 122 Å². The topological polar surface area (TPSA) is 25.8 Å². The molecule has 2 nitrogen and oxygen atoms in total. The molecule has 0 aliphatic carbocycles. The van der Waals surface area contributed by atoms with Crippen molar-refractivity contribution >= 4 is 21.5 Å². The Morgan fingerprint density at radius 3 is 2.09 bits per heavy atom. The van der Waals surface area contributed by atoms with Gasteiger partial charge in [0.1, 0.15) is 0 Å². The normalized spacial score (nSPS) is 10.2. The third kappa shape index (κ3) is 5.23. The molecule has 33 heavy (non-hydrogen) atoms. The Morgan fingerprint density at radius 2 is 1.30 bits per heavy atom. The van der Waals surface area contributed by atoms with E-state index in [2.05, 4.69) is 70.6 Å². The van der Waals surface area contributed by atoms with E-state index in [1.165, 1.54) is 21.5 Å². The molecule has 0 aliphatic heterocycles. The fraction of sp³-hybridized carbons (Fsp3) is 0. The van der Waals surface area contributed by atoms with Crippen molar-refractivity contribution < 1.29 is 20.1 Å². The van der Waals surface area contributed by atoms with Crippen molar-refractivity contribution in [3.8, 4) is 22.5 Å². The van der Waals surface area contributed by atoms with Crippen LogP contribution in [0.5, 0.6) is 0 Å². The van der Waals surface area contributed by atoms with Crippen LogP contribution in [-0.2, 0) is 20.1 Å². The van der Waals surface area contributed by atoms with Crippen LogP contribution in [0.25, 0.3) is 44.1 Å². The fourth-order valence-electron chi connectivity index (χ4n) is 3.67. The molecule has 161 valence electrons. The van der Waals surface area contributed by atoms with Crippen molar-refractivity contribution in [1.29, 1.82) is 0 Å². The molecule has 0 bridgehead atoms. The predicted molar refractivity (Wildman–Crippen MR) is 132 cm³/mol. The quantitative estimate of drug-likeness (QED) is 0.194. The van der Waals surface area contributed by atoms with Crippen molar-refractivity contribution in [1.82, 2.24) is 9.97 Å². The minimum Gasteiger partial charge on any atom is -0.305 e. The predicted octanol–water partition coefficient (Wildman–Crippen LogP) is 7.40. The van der Waals surface area contributed by atoms with Crippen LogP contribution >= 0.6 is 0 Å². The number of fused-ring (bicyclic) bond motifs is 2. The average Bonchev–Trinajstić information content (AvgIpc) is 2.89. The zero-order valence-electron chi connectivity index (χ0n) is 17.8. The molecule has 0 aliphatic rings. The van der Waals surface area contributed by atoms with Crippen molar-refractivity contribution in [2.24, 2.45) is 0 Å². The van der Waals surface area contributed by atoms with E-state index < -0.39 is 0 Å². The van der Waals surface area contributed by atoms with Gasteiger partial charge in [0.05, 0.1) is 0 Å². The second kappa shape index (κ2) is 10.8. The van der Waals surface area contributed by atoms with E-state index in [0.717, 1.165) is 22.5 Å². The van der Waals surface area contributed by atoms with Crippen LogP contribution in [0.4, 0.5) is 0 Å². The summed E-state index contributed by atoms with van der Waals surface area (Å²) >= 11 is 0. The van der Waals surface area contributed by atoms with Gasteiger partial charge in [-0.1, -0.05) is 66.0 Å². The molecule has 0 N–H and O–H groups in total. The number of pyridine rings is 2. The summed E-state index contributed by atoms with van der Waals surface area (Å²) in [6.07, 6.45) is 3.65. The Kier molecular flexibility index (Phi) is 7.36. The molecule has 3 heteroatoms. The van der Waals surface area contributed by atoms with Crippen LogP contribution in [0.2, 0.25) is 0 Å². The van der Waals surface area contributed by atoms with Crippen molar-refractivity contribution in [2.75, 3.05) is 0 Å². The maximum absolute atomic E-state index is 4.55. The summed E-state index contributed by atoms with van der Waals surface area (Å²) in [5.41, 5.74) is 4.05. The molecular formula is C30H20IrN2-2. The van der Waals surface area contributed by atoms with Gasteiger partial charge < -0.3 is 9.97 Å². The first kappa shape index (κ1) is 22.5. The van der Waals surface area contributed by atoms with Gasteiger partial charge in [-0.25, -0.2) is 0 Å². The van der Waals surface area contributed by atoms with Gasteiger partial charge in [0.15, 0.2) is 0 Å². The summed E-state index contributed by atoms with van der Waals surface area (Å²) in [5.74, 6) is 0. The maximum atomic E-state index is 4.55. The van der Waals surface area contributed by atoms with Crippen LogP contribution in [0.3, 0.4) is 0 Å². The number of hydrogen-bond acceptors (Lipinski definition) is 2. The first-order valence-corrected chi connectivity index (χ1v) is 10.5. The van der Waals surface area contributed by atoms with Crippen LogP contribution in [0.1, 0.15) is 0 Å². The Balaban J connectivity index is 0.000000172. The number of hydrogen-bond donors (Lipinski definition) is 0. The molecule has 4 aromatic carbocycles. The molecule has 0 spiro atoms. The zero-order valence-corrected chi connectivity index (χ0v) is 20.2. The first-order chi connectivity index (χ1) is 15.9. The molecule has 0 fully saturated rings. The third-order valence-electron chi connectivity index (χ3n) is 5.26. The molecule has 2 heterocycles. The summed E-state index contributed by atoms with van der Waals surface area (Å²) in [7, 11) is 0. The summed E-state index contributed by atoms with van der Waals surface area (Å²) in [6, 6.07) is 43.1. The standard InChI is InChI=1S/C19H12N.C11H8N.Ir/c1-2-7-16-13-17(10-9-14(16)5-1)19-18-8-4-3-6-15(18)11-12-20-19;1-2-6-10(7-3-1)11-8-4-5-9-12-11;/h1-9,11-13H;1-6,8-9H;/q2*-1;. The van der Waals surface area contributed by atoms with Crippen molar-refractivity contribution in [3.05, 3.63) is 134 Å². The van der Waals surface area contributed by atoms with Crippen LogP contribution in [-0.4, -0.2) is 9.97 Å². The number of nitrogens with zero attached hydrogens (tertiary/aromatic N) is 2. The van der Waals surface area contributed by atoms with Gasteiger partial charge in [-0.2, -0.15) is 0 Å². The van der Waals surface area contributed by atoms with Crippen LogP contribution < -0.4 is 0 Å². The smallest absolute Gasteiger partial charge is 0.0167 e. The second-order valence-electron chi connectivity index (χ2n) is 7.35. The molecule has 6 rings (SSSR count). The van der Waals surface area contributed by atoms with Gasteiger partial charge in [-0.3, -0.25) is 0 Å². The molecule has 1 radical (unpaired) electrons. The molecule has 0 saturated heterocycles.